The summed E-state index contributed by atoms with van der Waals surface area (Å²) in [6.45, 7) is 2.88. The van der Waals surface area contributed by atoms with Crippen molar-refractivity contribution in [2.24, 2.45) is 5.73 Å². The summed E-state index contributed by atoms with van der Waals surface area (Å²) >= 11 is 0. The summed E-state index contributed by atoms with van der Waals surface area (Å²) in [5.74, 6) is 0.951. The van der Waals surface area contributed by atoms with Gasteiger partial charge in [-0.2, -0.15) is 0 Å². The van der Waals surface area contributed by atoms with Crippen molar-refractivity contribution in [2.75, 3.05) is 18.5 Å². The SMILES string of the molecule is CCN(C)c1ccnc(C(=N)N)n1. The van der Waals surface area contributed by atoms with Crippen LogP contribution in [0.25, 0.3) is 0 Å². The molecule has 0 aliphatic rings. The predicted octanol–water partition coefficient (Wildman–Crippen LogP) is 0.217. The van der Waals surface area contributed by atoms with Crippen LogP contribution >= 0.6 is 0 Å². The van der Waals surface area contributed by atoms with E-state index in [4.69, 9.17) is 11.1 Å². The normalized spacial score (nSPS) is 9.69. The zero-order valence-electron chi connectivity index (χ0n) is 7.78. The van der Waals surface area contributed by atoms with Crippen LogP contribution in [0.1, 0.15) is 12.7 Å². The van der Waals surface area contributed by atoms with Gasteiger partial charge >= 0.3 is 0 Å². The molecule has 3 N–H and O–H groups in total. The number of nitrogens with zero attached hydrogens (tertiary/aromatic N) is 3. The number of nitrogens with two attached hydrogens (primary N) is 1. The van der Waals surface area contributed by atoms with Crippen LogP contribution in [0.15, 0.2) is 12.3 Å². The van der Waals surface area contributed by atoms with Crippen LogP contribution in [0.2, 0.25) is 0 Å². The molecule has 0 amide bonds. The second-order valence-corrected chi connectivity index (χ2v) is 2.67. The first-order valence-corrected chi connectivity index (χ1v) is 4.03. The summed E-state index contributed by atoms with van der Waals surface area (Å²) in [5.41, 5.74) is 5.26. The minimum absolute atomic E-state index is 0.105. The van der Waals surface area contributed by atoms with Crippen molar-refractivity contribution in [3.63, 3.8) is 0 Å². The Kier molecular flexibility index (Phi) is 2.79. The van der Waals surface area contributed by atoms with Crippen LogP contribution in [-0.4, -0.2) is 29.4 Å². The molecule has 1 aromatic rings. The Morgan fingerprint density at radius 2 is 2.38 bits per heavy atom. The zero-order valence-corrected chi connectivity index (χ0v) is 7.78. The smallest absolute Gasteiger partial charge is 0.196 e. The van der Waals surface area contributed by atoms with Crippen LogP contribution < -0.4 is 10.6 Å². The van der Waals surface area contributed by atoms with Gasteiger partial charge in [0.1, 0.15) is 5.82 Å². The molecule has 0 unspecified atom stereocenters. The molecule has 5 heteroatoms. The third-order valence-electron chi connectivity index (χ3n) is 1.75. The molecule has 1 aromatic heterocycles. The van der Waals surface area contributed by atoms with Gasteiger partial charge in [-0.25, -0.2) is 9.97 Å². The standard InChI is InChI=1S/C8H13N5/c1-3-13(2)6-4-5-11-8(12-6)7(9)10/h4-5H,3H2,1-2H3,(H3,9,10). The monoisotopic (exact) mass is 179 g/mol. The van der Waals surface area contributed by atoms with Crippen molar-refractivity contribution < 1.29 is 0 Å². The zero-order chi connectivity index (χ0) is 9.84. The van der Waals surface area contributed by atoms with Gasteiger partial charge in [0.05, 0.1) is 0 Å². The van der Waals surface area contributed by atoms with Crippen molar-refractivity contribution in [3.05, 3.63) is 18.1 Å². The highest BCUT2D eigenvalue weighted by atomic mass is 15.2. The topological polar surface area (TPSA) is 78.9 Å². The third-order valence-corrected chi connectivity index (χ3v) is 1.75. The minimum atomic E-state index is -0.105. The summed E-state index contributed by atoms with van der Waals surface area (Å²) < 4.78 is 0. The molecule has 0 atom stereocenters. The Balaban J connectivity index is 2.98. The highest BCUT2D eigenvalue weighted by Crippen LogP contribution is 2.06. The molecule has 0 aliphatic heterocycles. The van der Waals surface area contributed by atoms with Crippen molar-refractivity contribution in [1.29, 1.82) is 5.41 Å². The average molecular weight is 179 g/mol. The molecule has 0 aromatic carbocycles. The average Bonchev–Trinajstić information content (AvgIpc) is 2.17. The lowest BCUT2D eigenvalue weighted by molar-refractivity contribution is 0.923. The molecular weight excluding hydrogens is 166 g/mol. The molecule has 70 valence electrons. The van der Waals surface area contributed by atoms with Gasteiger partial charge in [0.25, 0.3) is 0 Å². The second-order valence-electron chi connectivity index (χ2n) is 2.67. The molecule has 0 radical (unpaired) electrons. The molecule has 13 heavy (non-hydrogen) atoms. The third kappa shape index (κ3) is 2.14. The molecule has 5 nitrogen and oxygen atoms in total. The van der Waals surface area contributed by atoms with Gasteiger partial charge in [0.2, 0.25) is 0 Å². The summed E-state index contributed by atoms with van der Waals surface area (Å²) in [6, 6.07) is 1.79. The fraction of sp³-hybridized carbons (Fsp3) is 0.375. The number of aromatic nitrogens is 2. The Morgan fingerprint density at radius 1 is 1.69 bits per heavy atom. The summed E-state index contributed by atoms with van der Waals surface area (Å²) in [5, 5.41) is 7.16. The molecule has 0 fully saturated rings. The van der Waals surface area contributed by atoms with Crippen molar-refractivity contribution >= 4 is 11.7 Å². The lowest BCUT2D eigenvalue weighted by Crippen LogP contribution is -2.21. The van der Waals surface area contributed by atoms with Gasteiger partial charge in [-0.05, 0) is 13.0 Å². The molecule has 1 heterocycles. The van der Waals surface area contributed by atoms with Gasteiger partial charge in [0, 0.05) is 19.8 Å². The molecule has 1 rings (SSSR count). The first kappa shape index (κ1) is 9.44. The maximum Gasteiger partial charge on any atom is 0.196 e. The number of hydrogen-bond acceptors (Lipinski definition) is 4. The molecular formula is C8H13N5. The first-order valence-electron chi connectivity index (χ1n) is 4.03. The van der Waals surface area contributed by atoms with E-state index in [1.165, 1.54) is 0 Å². The maximum absolute atomic E-state index is 7.16. The summed E-state index contributed by atoms with van der Waals surface area (Å²) in [6.07, 6.45) is 1.60. The van der Waals surface area contributed by atoms with Crippen molar-refractivity contribution in [1.82, 2.24) is 9.97 Å². The second kappa shape index (κ2) is 3.84. The molecule has 0 aliphatic carbocycles. The van der Waals surface area contributed by atoms with E-state index in [0.717, 1.165) is 12.4 Å². The van der Waals surface area contributed by atoms with Crippen LogP contribution in [-0.2, 0) is 0 Å². The summed E-state index contributed by atoms with van der Waals surface area (Å²) in [4.78, 5) is 9.93. The molecule has 0 bridgehead atoms. The highest BCUT2D eigenvalue weighted by molar-refractivity contribution is 5.91. The lowest BCUT2D eigenvalue weighted by atomic mass is 10.4. The van der Waals surface area contributed by atoms with Gasteiger partial charge in [-0.15, -0.1) is 0 Å². The Morgan fingerprint density at radius 3 is 2.92 bits per heavy atom. The van der Waals surface area contributed by atoms with Gasteiger partial charge in [0.15, 0.2) is 11.7 Å². The van der Waals surface area contributed by atoms with E-state index in [0.29, 0.717) is 0 Å². The van der Waals surface area contributed by atoms with Crippen LogP contribution in [0.3, 0.4) is 0 Å². The Bertz CT molecular complexity index is 309. The highest BCUT2D eigenvalue weighted by Gasteiger charge is 2.03. The van der Waals surface area contributed by atoms with E-state index >= 15 is 0 Å². The fourth-order valence-electron chi connectivity index (χ4n) is 0.854. The summed E-state index contributed by atoms with van der Waals surface area (Å²) in [7, 11) is 1.92. The Labute approximate surface area is 77.1 Å². The van der Waals surface area contributed by atoms with E-state index < -0.39 is 0 Å². The van der Waals surface area contributed by atoms with Crippen LogP contribution in [0.5, 0.6) is 0 Å². The van der Waals surface area contributed by atoms with Gasteiger partial charge < -0.3 is 10.6 Å². The maximum atomic E-state index is 7.16. The fourth-order valence-corrected chi connectivity index (χ4v) is 0.854. The van der Waals surface area contributed by atoms with Crippen molar-refractivity contribution in [3.8, 4) is 0 Å². The quantitative estimate of drug-likeness (QED) is 0.513. The number of nitrogens with one attached hydrogen (secondary N) is 1. The van der Waals surface area contributed by atoms with E-state index in [1.54, 1.807) is 12.3 Å². The minimum Gasteiger partial charge on any atom is -0.381 e. The Hall–Kier alpha value is -1.65. The van der Waals surface area contributed by atoms with E-state index in [2.05, 4.69) is 9.97 Å². The predicted molar refractivity (Wildman–Crippen MR) is 52.0 cm³/mol. The van der Waals surface area contributed by atoms with E-state index in [-0.39, 0.29) is 11.7 Å². The molecule has 0 saturated carbocycles. The van der Waals surface area contributed by atoms with Crippen LogP contribution in [0, 0.1) is 5.41 Å². The number of hydrogen-bond donors (Lipinski definition) is 2. The van der Waals surface area contributed by atoms with E-state index in [9.17, 15) is 0 Å². The number of rotatable bonds is 3. The lowest BCUT2D eigenvalue weighted by Gasteiger charge is -2.15. The van der Waals surface area contributed by atoms with E-state index in [1.807, 2.05) is 18.9 Å². The largest absolute Gasteiger partial charge is 0.381 e. The number of anilines is 1. The van der Waals surface area contributed by atoms with Gasteiger partial charge in [-0.1, -0.05) is 0 Å². The van der Waals surface area contributed by atoms with Crippen molar-refractivity contribution in [2.45, 2.75) is 6.92 Å². The van der Waals surface area contributed by atoms with Gasteiger partial charge in [-0.3, -0.25) is 5.41 Å². The van der Waals surface area contributed by atoms with Crippen LogP contribution in [0.4, 0.5) is 5.82 Å². The molecule has 0 saturated heterocycles. The molecule has 0 spiro atoms. The number of amidine groups is 1. The first-order chi connectivity index (χ1) is 6.15. The number of nitrogen functional groups attached to an aromatic ring is 1.